The van der Waals surface area contributed by atoms with Crippen molar-refractivity contribution >= 4 is 5.97 Å². The number of carbonyl (C=O) groups is 1. The number of halogens is 1. The first-order valence-electron chi connectivity index (χ1n) is 7.30. The highest BCUT2D eigenvalue weighted by Crippen LogP contribution is 2.29. The molecule has 1 aromatic carbocycles. The predicted octanol–water partition coefficient (Wildman–Crippen LogP) is 3.08. The fourth-order valence-electron chi connectivity index (χ4n) is 2.94. The summed E-state index contributed by atoms with van der Waals surface area (Å²) in [6.45, 7) is 3.76. The number of rotatable bonds is 5. The largest absolute Gasteiger partial charge is 0.494 e. The quantitative estimate of drug-likeness (QED) is 0.907. The van der Waals surface area contributed by atoms with E-state index in [1.165, 1.54) is 13.2 Å². The van der Waals surface area contributed by atoms with Crippen molar-refractivity contribution in [3.8, 4) is 5.75 Å². The third-order valence-corrected chi connectivity index (χ3v) is 4.32. The lowest BCUT2D eigenvalue weighted by molar-refractivity contribution is -0.138. The maximum atomic E-state index is 13.8. The molecule has 21 heavy (non-hydrogen) atoms. The molecule has 1 aliphatic heterocycles. The summed E-state index contributed by atoms with van der Waals surface area (Å²) in [5.74, 6) is -0.550. The summed E-state index contributed by atoms with van der Waals surface area (Å²) >= 11 is 0. The van der Waals surface area contributed by atoms with Crippen LogP contribution in [0.25, 0.3) is 0 Å². The van der Waals surface area contributed by atoms with Crippen molar-refractivity contribution in [1.29, 1.82) is 0 Å². The van der Waals surface area contributed by atoms with Crippen LogP contribution in [0.5, 0.6) is 5.75 Å². The number of methoxy groups -OCH3 is 1. The highest BCUT2D eigenvalue weighted by molar-refractivity contribution is 5.67. The van der Waals surface area contributed by atoms with Gasteiger partial charge in [0.05, 0.1) is 7.11 Å². The van der Waals surface area contributed by atoms with Gasteiger partial charge in [0.15, 0.2) is 11.6 Å². The smallest absolute Gasteiger partial charge is 0.303 e. The Kier molecular flexibility index (Phi) is 5.17. The number of carboxylic acids is 1. The number of nitrogens with zero attached hydrogens (tertiary/aromatic N) is 1. The first-order chi connectivity index (χ1) is 10.0. The molecule has 0 amide bonds. The summed E-state index contributed by atoms with van der Waals surface area (Å²) in [5.41, 5.74) is 0.921. The van der Waals surface area contributed by atoms with Crippen molar-refractivity contribution < 1.29 is 19.0 Å². The Balaban J connectivity index is 1.97. The van der Waals surface area contributed by atoms with Crippen LogP contribution in [0.15, 0.2) is 18.2 Å². The molecule has 1 heterocycles. The first-order valence-corrected chi connectivity index (χ1v) is 7.30. The Bertz CT molecular complexity index is 498. The van der Waals surface area contributed by atoms with Gasteiger partial charge in [0, 0.05) is 12.5 Å². The molecule has 0 radical (unpaired) electrons. The van der Waals surface area contributed by atoms with Crippen LogP contribution in [0.1, 0.15) is 37.8 Å². The maximum Gasteiger partial charge on any atom is 0.303 e. The lowest BCUT2D eigenvalue weighted by Crippen LogP contribution is -2.36. The maximum absolute atomic E-state index is 13.8. The number of aliphatic carboxylic acids is 1. The summed E-state index contributed by atoms with van der Waals surface area (Å²) in [4.78, 5) is 13.0. The van der Waals surface area contributed by atoms with Crippen molar-refractivity contribution in [2.75, 3.05) is 20.2 Å². The van der Waals surface area contributed by atoms with Crippen LogP contribution in [0.2, 0.25) is 0 Å². The molecule has 116 valence electrons. The molecule has 1 aromatic rings. The summed E-state index contributed by atoms with van der Waals surface area (Å²) in [7, 11) is 1.45. The number of carboxylic acid groups (broad SMARTS) is 1. The molecular weight excluding hydrogens is 273 g/mol. The van der Waals surface area contributed by atoms with Crippen LogP contribution in [0.4, 0.5) is 4.39 Å². The molecule has 1 unspecified atom stereocenters. The van der Waals surface area contributed by atoms with Gasteiger partial charge < -0.3 is 9.84 Å². The minimum absolute atomic E-state index is 0.121. The van der Waals surface area contributed by atoms with E-state index in [4.69, 9.17) is 9.84 Å². The van der Waals surface area contributed by atoms with Gasteiger partial charge in [-0.3, -0.25) is 9.69 Å². The van der Waals surface area contributed by atoms with Crippen molar-refractivity contribution in [2.24, 2.45) is 5.92 Å². The minimum atomic E-state index is -0.723. The first kappa shape index (κ1) is 15.8. The summed E-state index contributed by atoms with van der Waals surface area (Å²) < 4.78 is 18.7. The van der Waals surface area contributed by atoms with Gasteiger partial charge in [0.1, 0.15) is 0 Å². The van der Waals surface area contributed by atoms with E-state index in [1.807, 2.05) is 6.07 Å². The molecule has 0 spiro atoms. The molecule has 0 aliphatic carbocycles. The van der Waals surface area contributed by atoms with Crippen LogP contribution in [-0.2, 0) is 4.79 Å². The zero-order valence-electron chi connectivity index (χ0n) is 12.5. The van der Waals surface area contributed by atoms with E-state index >= 15 is 0 Å². The Morgan fingerprint density at radius 3 is 2.67 bits per heavy atom. The standard InChI is InChI=1S/C16H22FNO3/c1-11(13-3-4-15(21-2)14(17)10-13)18-7-5-12(6-8-18)9-16(19)20/h3-4,10-12H,5-9H2,1-2H3,(H,19,20). The van der Waals surface area contributed by atoms with Crippen molar-refractivity contribution in [3.63, 3.8) is 0 Å². The fraction of sp³-hybridized carbons (Fsp3) is 0.562. The molecule has 0 bridgehead atoms. The Morgan fingerprint density at radius 1 is 1.48 bits per heavy atom. The van der Waals surface area contributed by atoms with Gasteiger partial charge in [0.2, 0.25) is 0 Å². The summed E-state index contributed by atoms with van der Waals surface area (Å²) in [5, 5.41) is 8.83. The van der Waals surface area contributed by atoms with Crippen molar-refractivity contribution in [1.82, 2.24) is 4.90 Å². The highest BCUT2D eigenvalue weighted by Gasteiger charge is 2.25. The zero-order chi connectivity index (χ0) is 15.4. The van der Waals surface area contributed by atoms with Crippen LogP contribution in [0.3, 0.4) is 0 Å². The van der Waals surface area contributed by atoms with E-state index in [2.05, 4.69) is 11.8 Å². The van der Waals surface area contributed by atoms with Gasteiger partial charge in [-0.2, -0.15) is 0 Å². The van der Waals surface area contributed by atoms with Crippen LogP contribution in [0, 0.1) is 11.7 Å². The number of ether oxygens (including phenoxy) is 1. The molecule has 1 fully saturated rings. The van der Waals surface area contributed by atoms with Gasteiger partial charge in [-0.1, -0.05) is 6.07 Å². The molecule has 0 aromatic heterocycles. The Labute approximate surface area is 124 Å². The number of piperidine rings is 1. The molecule has 0 saturated carbocycles. The van der Waals surface area contributed by atoms with E-state index < -0.39 is 5.97 Å². The average Bonchev–Trinajstić information content (AvgIpc) is 2.46. The summed E-state index contributed by atoms with van der Waals surface area (Å²) in [6.07, 6.45) is 2.02. The summed E-state index contributed by atoms with van der Waals surface area (Å²) in [6, 6.07) is 5.18. The lowest BCUT2D eigenvalue weighted by atomic mass is 9.92. The van der Waals surface area contributed by atoms with Gasteiger partial charge in [-0.15, -0.1) is 0 Å². The topological polar surface area (TPSA) is 49.8 Å². The normalized spacial score (nSPS) is 18.4. The van der Waals surface area contributed by atoms with Gasteiger partial charge >= 0.3 is 5.97 Å². The molecule has 4 nitrogen and oxygen atoms in total. The molecule has 5 heteroatoms. The van der Waals surface area contributed by atoms with Crippen LogP contribution in [-0.4, -0.2) is 36.2 Å². The lowest BCUT2D eigenvalue weighted by Gasteiger charge is -2.36. The van der Waals surface area contributed by atoms with Gasteiger partial charge in [0.25, 0.3) is 0 Å². The molecule has 2 rings (SSSR count). The van der Waals surface area contributed by atoms with Gasteiger partial charge in [-0.05, 0) is 56.5 Å². The third kappa shape index (κ3) is 3.94. The SMILES string of the molecule is COc1ccc(C(C)N2CCC(CC(=O)O)CC2)cc1F. The molecular formula is C16H22FNO3. The van der Waals surface area contributed by atoms with E-state index in [-0.39, 0.29) is 29.9 Å². The highest BCUT2D eigenvalue weighted by atomic mass is 19.1. The monoisotopic (exact) mass is 295 g/mol. The zero-order valence-corrected chi connectivity index (χ0v) is 12.5. The van der Waals surface area contributed by atoms with E-state index in [9.17, 15) is 9.18 Å². The Morgan fingerprint density at radius 2 is 2.14 bits per heavy atom. The number of hydrogen-bond donors (Lipinski definition) is 1. The van der Waals surface area contributed by atoms with Crippen LogP contribution < -0.4 is 4.74 Å². The number of likely N-dealkylation sites (tertiary alicyclic amines) is 1. The molecule has 1 N–H and O–H groups in total. The second-order valence-corrected chi connectivity index (χ2v) is 5.65. The second kappa shape index (κ2) is 6.89. The minimum Gasteiger partial charge on any atom is -0.494 e. The average molecular weight is 295 g/mol. The molecule has 1 aliphatic rings. The van der Waals surface area contributed by atoms with E-state index in [0.29, 0.717) is 0 Å². The Hall–Kier alpha value is -1.62. The van der Waals surface area contributed by atoms with Crippen molar-refractivity contribution in [3.05, 3.63) is 29.6 Å². The van der Waals surface area contributed by atoms with Crippen LogP contribution >= 0.6 is 0 Å². The fourth-order valence-corrected chi connectivity index (χ4v) is 2.94. The van der Waals surface area contributed by atoms with E-state index in [0.717, 1.165) is 31.5 Å². The second-order valence-electron chi connectivity index (χ2n) is 5.65. The molecule has 1 atom stereocenters. The van der Waals surface area contributed by atoms with Gasteiger partial charge in [-0.25, -0.2) is 4.39 Å². The number of benzene rings is 1. The van der Waals surface area contributed by atoms with Crippen molar-refractivity contribution in [2.45, 2.75) is 32.2 Å². The predicted molar refractivity (Wildman–Crippen MR) is 77.9 cm³/mol. The molecule has 1 saturated heterocycles. The van der Waals surface area contributed by atoms with E-state index in [1.54, 1.807) is 6.07 Å². The third-order valence-electron chi connectivity index (χ3n) is 4.32. The number of hydrogen-bond acceptors (Lipinski definition) is 3.